The maximum atomic E-state index is 6.13. The molecule has 19 heavy (non-hydrogen) atoms. The molecule has 0 aliphatic carbocycles. The van der Waals surface area contributed by atoms with Gasteiger partial charge >= 0.3 is 0 Å². The zero-order valence-electron chi connectivity index (χ0n) is 10.5. The van der Waals surface area contributed by atoms with Gasteiger partial charge in [-0.2, -0.15) is 0 Å². The smallest absolute Gasteiger partial charge is 0.0652 e. The van der Waals surface area contributed by atoms with Gasteiger partial charge in [0.1, 0.15) is 0 Å². The lowest BCUT2D eigenvalue weighted by Crippen LogP contribution is -2.18. The first-order chi connectivity index (χ1) is 9.04. The van der Waals surface area contributed by atoms with Crippen LogP contribution >= 0.6 is 34.8 Å². The molecule has 1 N–H and O–H groups in total. The third-order valence-electron chi connectivity index (χ3n) is 2.79. The number of nitrogens with one attached hydrogen (secondary N) is 1. The SMILES string of the molecule is CC(Cc1ccc(Cl)cc1)Nc1ccc(Cl)cc1Cl. The number of halogens is 3. The summed E-state index contributed by atoms with van der Waals surface area (Å²) in [5, 5.41) is 5.41. The summed E-state index contributed by atoms with van der Waals surface area (Å²) < 4.78 is 0. The molecule has 4 heteroatoms. The molecule has 2 aromatic carbocycles. The van der Waals surface area contributed by atoms with Crippen molar-refractivity contribution in [3.8, 4) is 0 Å². The fourth-order valence-corrected chi connectivity index (χ4v) is 2.49. The Morgan fingerprint density at radius 3 is 2.21 bits per heavy atom. The molecule has 0 aliphatic rings. The van der Waals surface area contributed by atoms with Gasteiger partial charge in [-0.15, -0.1) is 0 Å². The van der Waals surface area contributed by atoms with Crippen LogP contribution in [0.15, 0.2) is 42.5 Å². The molecule has 0 saturated heterocycles. The minimum atomic E-state index is 0.264. The Morgan fingerprint density at radius 2 is 1.58 bits per heavy atom. The van der Waals surface area contributed by atoms with E-state index in [0.29, 0.717) is 10.0 Å². The maximum Gasteiger partial charge on any atom is 0.0652 e. The lowest BCUT2D eigenvalue weighted by Gasteiger charge is -2.16. The average Bonchev–Trinajstić information content (AvgIpc) is 2.36. The normalized spacial score (nSPS) is 12.2. The molecule has 1 unspecified atom stereocenters. The molecule has 0 fully saturated rings. The Morgan fingerprint density at radius 1 is 0.947 bits per heavy atom. The molecule has 0 heterocycles. The van der Waals surface area contributed by atoms with Crippen molar-refractivity contribution in [2.45, 2.75) is 19.4 Å². The third kappa shape index (κ3) is 4.31. The largest absolute Gasteiger partial charge is 0.381 e. The highest BCUT2D eigenvalue weighted by Gasteiger charge is 2.07. The zero-order chi connectivity index (χ0) is 13.8. The molecule has 2 rings (SSSR count). The van der Waals surface area contributed by atoms with Crippen LogP contribution in [0.1, 0.15) is 12.5 Å². The molecule has 0 aliphatic heterocycles. The van der Waals surface area contributed by atoms with Crippen molar-refractivity contribution in [2.24, 2.45) is 0 Å². The van der Waals surface area contributed by atoms with Crippen LogP contribution in [0.4, 0.5) is 5.69 Å². The van der Waals surface area contributed by atoms with E-state index in [2.05, 4.69) is 12.2 Å². The fraction of sp³-hybridized carbons (Fsp3) is 0.200. The predicted octanol–water partition coefficient (Wildman–Crippen LogP) is 5.69. The predicted molar refractivity (Wildman–Crippen MR) is 84.7 cm³/mol. The average molecular weight is 315 g/mol. The summed E-state index contributed by atoms with van der Waals surface area (Å²) in [6.07, 6.45) is 0.899. The van der Waals surface area contributed by atoms with E-state index >= 15 is 0 Å². The van der Waals surface area contributed by atoms with E-state index in [0.717, 1.165) is 17.1 Å². The Kier molecular flexibility index (Phi) is 4.98. The Labute approximate surface area is 128 Å². The summed E-state index contributed by atoms with van der Waals surface area (Å²) in [6, 6.07) is 13.6. The zero-order valence-corrected chi connectivity index (χ0v) is 12.7. The molecule has 0 radical (unpaired) electrons. The lowest BCUT2D eigenvalue weighted by molar-refractivity contribution is 0.790. The van der Waals surface area contributed by atoms with Crippen LogP contribution in [0.2, 0.25) is 15.1 Å². The second-order valence-corrected chi connectivity index (χ2v) is 5.78. The van der Waals surface area contributed by atoms with Crippen LogP contribution in [0, 0.1) is 0 Å². The first kappa shape index (κ1) is 14.5. The van der Waals surface area contributed by atoms with E-state index < -0.39 is 0 Å². The first-order valence-electron chi connectivity index (χ1n) is 6.00. The van der Waals surface area contributed by atoms with Crippen LogP contribution < -0.4 is 5.32 Å². The minimum Gasteiger partial charge on any atom is -0.381 e. The minimum absolute atomic E-state index is 0.264. The van der Waals surface area contributed by atoms with Gasteiger partial charge in [0.05, 0.1) is 10.7 Å². The van der Waals surface area contributed by atoms with Crippen molar-refractivity contribution < 1.29 is 0 Å². The molecule has 0 saturated carbocycles. The van der Waals surface area contributed by atoms with Gasteiger partial charge in [-0.25, -0.2) is 0 Å². The first-order valence-corrected chi connectivity index (χ1v) is 7.14. The van der Waals surface area contributed by atoms with Crippen LogP contribution in [0.5, 0.6) is 0 Å². The van der Waals surface area contributed by atoms with Crippen molar-refractivity contribution in [1.29, 1.82) is 0 Å². The molecule has 0 bridgehead atoms. The van der Waals surface area contributed by atoms with Gasteiger partial charge in [0.25, 0.3) is 0 Å². The summed E-state index contributed by atoms with van der Waals surface area (Å²) in [4.78, 5) is 0. The maximum absolute atomic E-state index is 6.13. The van der Waals surface area contributed by atoms with E-state index in [-0.39, 0.29) is 6.04 Å². The van der Waals surface area contributed by atoms with Gasteiger partial charge in [-0.05, 0) is 49.2 Å². The molecule has 100 valence electrons. The monoisotopic (exact) mass is 313 g/mol. The van der Waals surface area contributed by atoms with Crippen molar-refractivity contribution >= 4 is 40.5 Å². The summed E-state index contributed by atoms with van der Waals surface area (Å²) in [5.74, 6) is 0. The van der Waals surface area contributed by atoms with Gasteiger partial charge in [0.15, 0.2) is 0 Å². The summed E-state index contributed by atoms with van der Waals surface area (Å²) in [5.41, 5.74) is 2.13. The molecule has 0 aromatic heterocycles. The summed E-state index contributed by atoms with van der Waals surface area (Å²) in [6.45, 7) is 2.11. The Bertz CT molecular complexity index is 552. The Hall–Kier alpha value is -0.890. The lowest BCUT2D eigenvalue weighted by atomic mass is 10.1. The molecular weight excluding hydrogens is 301 g/mol. The van der Waals surface area contributed by atoms with Gasteiger partial charge in [-0.1, -0.05) is 46.9 Å². The van der Waals surface area contributed by atoms with Crippen molar-refractivity contribution in [2.75, 3.05) is 5.32 Å². The van der Waals surface area contributed by atoms with Crippen LogP contribution in [0.3, 0.4) is 0 Å². The van der Waals surface area contributed by atoms with E-state index in [1.54, 1.807) is 6.07 Å². The highest BCUT2D eigenvalue weighted by atomic mass is 35.5. The second kappa shape index (κ2) is 6.51. The van der Waals surface area contributed by atoms with Crippen LogP contribution in [-0.4, -0.2) is 6.04 Å². The van der Waals surface area contributed by atoms with E-state index in [1.165, 1.54) is 5.56 Å². The van der Waals surface area contributed by atoms with Crippen molar-refractivity contribution in [1.82, 2.24) is 0 Å². The van der Waals surface area contributed by atoms with Crippen LogP contribution in [0.25, 0.3) is 0 Å². The number of anilines is 1. The van der Waals surface area contributed by atoms with E-state index in [9.17, 15) is 0 Å². The fourth-order valence-electron chi connectivity index (χ4n) is 1.90. The quantitative estimate of drug-likeness (QED) is 0.764. The highest BCUT2D eigenvalue weighted by molar-refractivity contribution is 6.36. The van der Waals surface area contributed by atoms with Gasteiger partial charge in [-0.3, -0.25) is 0 Å². The molecule has 1 atom stereocenters. The molecule has 2 aromatic rings. The van der Waals surface area contributed by atoms with Gasteiger partial charge < -0.3 is 5.32 Å². The number of hydrogen-bond acceptors (Lipinski definition) is 1. The molecule has 1 nitrogen and oxygen atoms in total. The molecular formula is C15H14Cl3N. The van der Waals surface area contributed by atoms with Crippen molar-refractivity contribution in [3.63, 3.8) is 0 Å². The third-order valence-corrected chi connectivity index (χ3v) is 3.59. The van der Waals surface area contributed by atoms with Crippen LogP contribution in [-0.2, 0) is 6.42 Å². The molecule has 0 spiro atoms. The Balaban J connectivity index is 2.01. The standard InChI is InChI=1S/C15H14Cl3N/c1-10(8-11-2-4-12(16)5-3-11)19-15-7-6-13(17)9-14(15)18/h2-7,9-10,19H,8H2,1H3. The number of rotatable bonds is 4. The number of hydrogen-bond donors (Lipinski definition) is 1. The van der Waals surface area contributed by atoms with E-state index in [1.807, 2.05) is 36.4 Å². The topological polar surface area (TPSA) is 12.0 Å². The summed E-state index contributed by atoms with van der Waals surface area (Å²) >= 11 is 17.9. The number of benzene rings is 2. The van der Waals surface area contributed by atoms with E-state index in [4.69, 9.17) is 34.8 Å². The van der Waals surface area contributed by atoms with Gasteiger partial charge in [0.2, 0.25) is 0 Å². The highest BCUT2D eigenvalue weighted by Crippen LogP contribution is 2.26. The van der Waals surface area contributed by atoms with Crippen molar-refractivity contribution in [3.05, 3.63) is 63.1 Å². The summed E-state index contributed by atoms with van der Waals surface area (Å²) in [7, 11) is 0. The van der Waals surface area contributed by atoms with Gasteiger partial charge in [0, 0.05) is 16.1 Å². The second-order valence-electron chi connectivity index (χ2n) is 4.50. The molecule has 0 amide bonds.